The van der Waals surface area contributed by atoms with Gasteiger partial charge in [-0.05, 0) is 55.8 Å². The van der Waals surface area contributed by atoms with E-state index in [1.54, 1.807) is 44.2 Å². The fraction of sp³-hybridized carbons (Fsp3) is 0.160. The third kappa shape index (κ3) is 7.72. The Morgan fingerprint density at radius 3 is 2.39 bits per heavy atom. The van der Waals surface area contributed by atoms with Crippen LogP contribution in [0.3, 0.4) is 0 Å². The SMILES string of the molecule is C=CC(C1=CC(=O)C=CC1=O)c1ccccc1.CC(C)OC(=O)Nc1cccc(Cl)c1. The molecule has 5 nitrogen and oxygen atoms in total. The summed E-state index contributed by atoms with van der Waals surface area (Å²) in [5, 5.41) is 3.14. The highest BCUT2D eigenvalue weighted by Gasteiger charge is 2.21. The normalized spacial score (nSPS) is 13.6. The molecule has 1 aliphatic carbocycles. The van der Waals surface area contributed by atoms with E-state index in [1.807, 2.05) is 30.3 Å². The molecule has 3 rings (SSSR count). The number of nitrogens with one attached hydrogen (secondary N) is 1. The van der Waals surface area contributed by atoms with Gasteiger partial charge in [-0.25, -0.2) is 4.79 Å². The number of hydrogen-bond acceptors (Lipinski definition) is 4. The molecule has 0 saturated heterocycles. The van der Waals surface area contributed by atoms with Crippen LogP contribution in [0.25, 0.3) is 0 Å². The first-order valence-corrected chi connectivity index (χ1v) is 10.1. The van der Waals surface area contributed by atoms with Crippen molar-refractivity contribution in [2.24, 2.45) is 0 Å². The monoisotopic (exact) mass is 437 g/mol. The van der Waals surface area contributed by atoms with Gasteiger partial charge < -0.3 is 4.74 Å². The predicted molar refractivity (Wildman–Crippen MR) is 123 cm³/mol. The third-order valence-electron chi connectivity index (χ3n) is 4.12. The van der Waals surface area contributed by atoms with Gasteiger partial charge in [0.2, 0.25) is 0 Å². The van der Waals surface area contributed by atoms with E-state index in [9.17, 15) is 14.4 Å². The minimum absolute atomic E-state index is 0.127. The Morgan fingerprint density at radius 2 is 1.77 bits per heavy atom. The standard InChI is InChI=1S/C15H12O2.C10H12ClNO2/c1-2-13(11-6-4-3-5-7-11)14-10-12(16)8-9-15(14)17;1-7(2)14-10(13)12-9-5-3-4-8(11)6-9/h2-10,13H,1H2;3-7H,1-2H3,(H,12,13). The van der Waals surface area contributed by atoms with Crippen LogP contribution in [0.2, 0.25) is 5.02 Å². The molecule has 1 unspecified atom stereocenters. The average Bonchev–Trinajstić information content (AvgIpc) is 2.72. The van der Waals surface area contributed by atoms with Gasteiger partial charge >= 0.3 is 6.09 Å². The molecule has 0 saturated carbocycles. The predicted octanol–water partition coefficient (Wildman–Crippen LogP) is 5.89. The molecule has 1 atom stereocenters. The highest BCUT2D eigenvalue weighted by molar-refractivity contribution is 6.30. The lowest BCUT2D eigenvalue weighted by molar-refractivity contribution is -0.114. The molecule has 2 aromatic rings. The van der Waals surface area contributed by atoms with Gasteiger partial charge in [-0.3, -0.25) is 14.9 Å². The van der Waals surface area contributed by atoms with E-state index >= 15 is 0 Å². The topological polar surface area (TPSA) is 72.5 Å². The van der Waals surface area contributed by atoms with E-state index in [-0.39, 0.29) is 23.6 Å². The second-order valence-electron chi connectivity index (χ2n) is 6.91. The van der Waals surface area contributed by atoms with Gasteiger partial charge in [0.25, 0.3) is 0 Å². The molecule has 0 fully saturated rings. The van der Waals surface area contributed by atoms with Crippen LogP contribution < -0.4 is 5.32 Å². The molecule has 160 valence electrons. The number of amides is 1. The lowest BCUT2D eigenvalue weighted by Gasteiger charge is -2.16. The van der Waals surface area contributed by atoms with Gasteiger partial charge in [0.15, 0.2) is 11.6 Å². The Hall–Kier alpha value is -3.44. The molecule has 31 heavy (non-hydrogen) atoms. The number of carbonyl (C=O) groups excluding carboxylic acids is 3. The fourth-order valence-corrected chi connectivity index (χ4v) is 2.99. The van der Waals surface area contributed by atoms with Crippen molar-refractivity contribution in [3.63, 3.8) is 0 Å². The molecule has 0 heterocycles. The van der Waals surface area contributed by atoms with E-state index in [0.717, 1.165) is 5.56 Å². The quantitative estimate of drug-likeness (QED) is 0.467. The van der Waals surface area contributed by atoms with Crippen molar-refractivity contribution < 1.29 is 19.1 Å². The molecule has 0 aliphatic heterocycles. The summed E-state index contributed by atoms with van der Waals surface area (Å²) in [7, 11) is 0. The molecule has 0 bridgehead atoms. The molecule has 0 spiro atoms. The van der Waals surface area contributed by atoms with Gasteiger partial charge in [-0.2, -0.15) is 0 Å². The maximum absolute atomic E-state index is 11.8. The summed E-state index contributed by atoms with van der Waals surface area (Å²) in [6.07, 6.45) is 5.08. The number of ether oxygens (including phenoxy) is 1. The molecule has 6 heteroatoms. The fourth-order valence-electron chi connectivity index (χ4n) is 2.80. The van der Waals surface area contributed by atoms with Crippen LogP contribution in [0.4, 0.5) is 10.5 Å². The van der Waals surface area contributed by atoms with Gasteiger partial charge in [0, 0.05) is 22.2 Å². The number of anilines is 1. The maximum Gasteiger partial charge on any atom is 0.411 e. The maximum atomic E-state index is 11.8. The number of allylic oxidation sites excluding steroid dienone is 5. The number of ketones is 2. The van der Waals surface area contributed by atoms with Crippen molar-refractivity contribution in [2.75, 3.05) is 5.32 Å². The van der Waals surface area contributed by atoms with Crippen LogP contribution in [-0.4, -0.2) is 23.8 Å². The van der Waals surface area contributed by atoms with E-state index in [4.69, 9.17) is 16.3 Å². The summed E-state index contributed by atoms with van der Waals surface area (Å²) in [6, 6.07) is 16.4. The van der Waals surface area contributed by atoms with Crippen molar-refractivity contribution in [3.05, 3.63) is 102 Å². The van der Waals surface area contributed by atoms with Crippen LogP contribution in [-0.2, 0) is 14.3 Å². The van der Waals surface area contributed by atoms with E-state index in [1.165, 1.54) is 18.2 Å². The smallest absolute Gasteiger partial charge is 0.411 e. The minimum Gasteiger partial charge on any atom is -0.447 e. The van der Waals surface area contributed by atoms with E-state index < -0.39 is 6.09 Å². The largest absolute Gasteiger partial charge is 0.447 e. The zero-order chi connectivity index (χ0) is 22.8. The van der Waals surface area contributed by atoms with Crippen molar-refractivity contribution in [2.45, 2.75) is 25.9 Å². The third-order valence-corrected chi connectivity index (χ3v) is 4.36. The van der Waals surface area contributed by atoms with Crippen LogP contribution in [0.1, 0.15) is 25.3 Å². The summed E-state index contributed by atoms with van der Waals surface area (Å²) < 4.78 is 4.90. The lowest BCUT2D eigenvalue weighted by atomic mass is 9.86. The minimum atomic E-state index is -0.470. The van der Waals surface area contributed by atoms with Crippen molar-refractivity contribution >= 4 is 34.9 Å². The van der Waals surface area contributed by atoms with Crippen molar-refractivity contribution in [1.29, 1.82) is 0 Å². The average molecular weight is 438 g/mol. The Labute approximate surface area is 187 Å². The zero-order valence-corrected chi connectivity index (χ0v) is 18.1. The first-order chi connectivity index (χ1) is 14.8. The van der Waals surface area contributed by atoms with Crippen molar-refractivity contribution in [3.8, 4) is 0 Å². The summed E-state index contributed by atoms with van der Waals surface area (Å²) in [6.45, 7) is 7.32. The number of carbonyl (C=O) groups is 3. The van der Waals surface area contributed by atoms with Crippen LogP contribution in [0.5, 0.6) is 0 Å². The Balaban J connectivity index is 0.000000225. The van der Waals surface area contributed by atoms with Crippen LogP contribution >= 0.6 is 11.6 Å². The molecular formula is C25H24ClNO4. The van der Waals surface area contributed by atoms with E-state index in [0.29, 0.717) is 16.3 Å². The lowest BCUT2D eigenvalue weighted by Crippen LogP contribution is -2.17. The zero-order valence-electron chi connectivity index (χ0n) is 17.4. The first-order valence-electron chi connectivity index (χ1n) is 9.68. The molecule has 1 aliphatic rings. The summed E-state index contributed by atoms with van der Waals surface area (Å²) in [4.78, 5) is 34.2. The summed E-state index contributed by atoms with van der Waals surface area (Å²) >= 11 is 5.74. The second-order valence-corrected chi connectivity index (χ2v) is 7.35. The number of rotatable bonds is 5. The summed E-state index contributed by atoms with van der Waals surface area (Å²) in [5.74, 6) is -0.502. The van der Waals surface area contributed by atoms with Gasteiger partial charge in [0.1, 0.15) is 0 Å². The number of benzene rings is 2. The molecular weight excluding hydrogens is 414 g/mol. The second kappa shape index (κ2) is 11.7. The molecule has 0 aromatic heterocycles. The highest BCUT2D eigenvalue weighted by atomic mass is 35.5. The van der Waals surface area contributed by atoms with Gasteiger partial charge in [-0.15, -0.1) is 6.58 Å². The molecule has 0 radical (unpaired) electrons. The molecule has 2 aromatic carbocycles. The van der Waals surface area contributed by atoms with Gasteiger partial charge in [-0.1, -0.05) is 54.1 Å². The number of hydrogen-bond donors (Lipinski definition) is 1. The van der Waals surface area contributed by atoms with Crippen LogP contribution in [0, 0.1) is 0 Å². The summed E-state index contributed by atoms with van der Waals surface area (Å²) in [5.41, 5.74) is 2.08. The Morgan fingerprint density at radius 1 is 1.06 bits per heavy atom. The van der Waals surface area contributed by atoms with Gasteiger partial charge in [0.05, 0.1) is 6.10 Å². The molecule has 1 amide bonds. The van der Waals surface area contributed by atoms with Crippen molar-refractivity contribution in [1.82, 2.24) is 0 Å². The van der Waals surface area contributed by atoms with E-state index in [2.05, 4.69) is 11.9 Å². The highest BCUT2D eigenvalue weighted by Crippen LogP contribution is 2.27. The Bertz CT molecular complexity index is 1010. The Kier molecular flexibility index (Phi) is 8.97. The first kappa shape index (κ1) is 23.8. The van der Waals surface area contributed by atoms with Crippen LogP contribution in [0.15, 0.2) is 91.1 Å². The number of halogens is 1. The molecule has 1 N–H and O–H groups in total.